The molecule has 2 aromatic heterocycles. The molecule has 0 bridgehead atoms. The van der Waals surface area contributed by atoms with Gasteiger partial charge >= 0.3 is 0 Å². The van der Waals surface area contributed by atoms with E-state index in [0.717, 1.165) is 30.6 Å². The van der Waals surface area contributed by atoms with Crippen molar-refractivity contribution >= 4 is 16.6 Å². The number of anilines is 1. The molecule has 28 heavy (non-hydrogen) atoms. The molecular weight excluding hydrogens is 346 g/mol. The summed E-state index contributed by atoms with van der Waals surface area (Å²) in [6.45, 7) is 1.40. The summed E-state index contributed by atoms with van der Waals surface area (Å²) < 4.78 is 1.90. The summed E-state index contributed by atoms with van der Waals surface area (Å²) >= 11 is 0. The molecular formula is C23H23N5. The van der Waals surface area contributed by atoms with E-state index in [9.17, 15) is 0 Å². The van der Waals surface area contributed by atoms with Crippen LogP contribution in [0.4, 0.5) is 5.69 Å². The molecule has 0 unspecified atom stereocenters. The highest BCUT2D eigenvalue weighted by molar-refractivity contribution is 5.93. The molecule has 2 heterocycles. The minimum Gasteiger partial charge on any atom is -0.378 e. The van der Waals surface area contributed by atoms with E-state index >= 15 is 0 Å². The lowest BCUT2D eigenvalue weighted by molar-refractivity contribution is 0.649. The first-order valence-corrected chi connectivity index (χ1v) is 9.94. The molecule has 0 fully saturated rings. The fourth-order valence-electron chi connectivity index (χ4n) is 4.02. The SMILES string of the molecule is c1ccc(Cn2cc(CNc3c4c(nc5ccccc35)CCCC4)nn2)cc1. The maximum absolute atomic E-state index is 4.91. The second-order valence-corrected chi connectivity index (χ2v) is 7.38. The van der Waals surface area contributed by atoms with E-state index in [1.165, 1.54) is 40.7 Å². The number of hydrogen-bond donors (Lipinski definition) is 1. The first kappa shape index (κ1) is 16.9. The Morgan fingerprint density at radius 2 is 1.75 bits per heavy atom. The second-order valence-electron chi connectivity index (χ2n) is 7.38. The van der Waals surface area contributed by atoms with Crippen molar-refractivity contribution in [2.45, 2.75) is 38.8 Å². The van der Waals surface area contributed by atoms with Crippen LogP contribution in [0.15, 0.2) is 60.8 Å². The number of hydrogen-bond acceptors (Lipinski definition) is 4. The third-order valence-electron chi connectivity index (χ3n) is 5.39. The molecule has 0 spiro atoms. The van der Waals surface area contributed by atoms with Gasteiger partial charge in [-0.2, -0.15) is 0 Å². The predicted octanol–water partition coefficient (Wildman–Crippen LogP) is 4.37. The molecule has 1 aliphatic rings. The lowest BCUT2D eigenvalue weighted by Gasteiger charge is -2.21. The third kappa shape index (κ3) is 3.36. The van der Waals surface area contributed by atoms with Crippen LogP contribution in [0.25, 0.3) is 10.9 Å². The Labute approximate surface area is 164 Å². The van der Waals surface area contributed by atoms with Crippen molar-refractivity contribution < 1.29 is 0 Å². The van der Waals surface area contributed by atoms with Crippen LogP contribution < -0.4 is 5.32 Å². The highest BCUT2D eigenvalue weighted by Gasteiger charge is 2.18. The number of para-hydroxylation sites is 1. The summed E-state index contributed by atoms with van der Waals surface area (Å²) in [6.07, 6.45) is 6.65. The molecule has 0 aliphatic heterocycles. The zero-order chi connectivity index (χ0) is 18.8. The topological polar surface area (TPSA) is 55.6 Å². The van der Waals surface area contributed by atoms with Gasteiger partial charge in [0.1, 0.15) is 5.69 Å². The van der Waals surface area contributed by atoms with Gasteiger partial charge in [-0.3, -0.25) is 4.98 Å². The quantitative estimate of drug-likeness (QED) is 0.568. The van der Waals surface area contributed by atoms with Gasteiger partial charge in [0, 0.05) is 16.8 Å². The van der Waals surface area contributed by atoms with Gasteiger partial charge in [-0.15, -0.1) is 5.10 Å². The monoisotopic (exact) mass is 369 g/mol. The fraction of sp³-hybridized carbons (Fsp3) is 0.261. The number of aryl methyl sites for hydroxylation is 1. The van der Waals surface area contributed by atoms with Gasteiger partial charge in [0.25, 0.3) is 0 Å². The van der Waals surface area contributed by atoms with Gasteiger partial charge in [-0.1, -0.05) is 53.7 Å². The molecule has 0 radical (unpaired) electrons. The van der Waals surface area contributed by atoms with Crippen molar-refractivity contribution in [3.05, 3.63) is 83.3 Å². The van der Waals surface area contributed by atoms with Gasteiger partial charge in [0.15, 0.2) is 0 Å². The minimum atomic E-state index is 0.662. The van der Waals surface area contributed by atoms with Gasteiger partial charge in [0.05, 0.1) is 24.8 Å². The van der Waals surface area contributed by atoms with Gasteiger partial charge in [0.2, 0.25) is 0 Å². The largest absolute Gasteiger partial charge is 0.378 e. The summed E-state index contributed by atoms with van der Waals surface area (Å²) in [7, 11) is 0. The normalized spacial score (nSPS) is 13.4. The molecule has 5 nitrogen and oxygen atoms in total. The van der Waals surface area contributed by atoms with E-state index in [2.05, 4.69) is 52.0 Å². The maximum Gasteiger partial charge on any atom is 0.102 e. The Hall–Kier alpha value is -3.21. The highest BCUT2D eigenvalue weighted by atomic mass is 15.4. The molecule has 1 aliphatic carbocycles. The molecule has 1 N–H and O–H groups in total. The van der Waals surface area contributed by atoms with Crippen LogP contribution in [0, 0.1) is 0 Å². The number of rotatable bonds is 5. The lowest BCUT2D eigenvalue weighted by Crippen LogP contribution is -2.11. The summed E-state index contributed by atoms with van der Waals surface area (Å²) in [6, 6.07) is 18.7. The van der Waals surface area contributed by atoms with Crippen molar-refractivity contribution in [3.8, 4) is 0 Å². The lowest BCUT2D eigenvalue weighted by atomic mass is 9.92. The predicted molar refractivity (Wildman–Crippen MR) is 111 cm³/mol. The maximum atomic E-state index is 4.91. The molecule has 5 rings (SSSR count). The van der Waals surface area contributed by atoms with Gasteiger partial charge < -0.3 is 5.32 Å². The van der Waals surface area contributed by atoms with Crippen LogP contribution in [0.1, 0.15) is 35.4 Å². The second kappa shape index (κ2) is 7.43. The number of aromatic nitrogens is 4. The van der Waals surface area contributed by atoms with Crippen LogP contribution in [0.5, 0.6) is 0 Å². The van der Waals surface area contributed by atoms with E-state index < -0.39 is 0 Å². The van der Waals surface area contributed by atoms with Crippen molar-refractivity contribution in [1.82, 2.24) is 20.0 Å². The Morgan fingerprint density at radius 1 is 0.929 bits per heavy atom. The molecule has 0 atom stereocenters. The van der Waals surface area contributed by atoms with Gasteiger partial charge in [-0.05, 0) is 42.9 Å². The zero-order valence-corrected chi connectivity index (χ0v) is 15.8. The van der Waals surface area contributed by atoms with Crippen molar-refractivity contribution in [1.29, 1.82) is 0 Å². The van der Waals surface area contributed by atoms with Crippen LogP contribution in [0.2, 0.25) is 0 Å². The highest BCUT2D eigenvalue weighted by Crippen LogP contribution is 2.33. The minimum absolute atomic E-state index is 0.662. The Bertz CT molecular complexity index is 1100. The van der Waals surface area contributed by atoms with Crippen LogP contribution in [0.3, 0.4) is 0 Å². The summed E-state index contributed by atoms with van der Waals surface area (Å²) in [5, 5.41) is 13.5. The smallest absolute Gasteiger partial charge is 0.102 e. The average Bonchev–Trinajstić information content (AvgIpc) is 3.19. The molecule has 0 amide bonds. The molecule has 0 saturated heterocycles. The number of fused-ring (bicyclic) bond motifs is 2. The van der Waals surface area contributed by atoms with Crippen LogP contribution in [-0.2, 0) is 25.9 Å². The Morgan fingerprint density at radius 3 is 2.68 bits per heavy atom. The first-order valence-electron chi connectivity index (χ1n) is 9.94. The number of pyridine rings is 1. The molecule has 2 aromatic carbocycles. The standard InChI is InChI=1S/C23H23N5/c1-2-8-17(9-3-1)15-28-16-18(26-27-28)14-24-23-19-10-4-6-12-21(19)25-22-13-7-5-11-20(22)23/h1-4,6,8-10,12,16H,5,7,11,13-15H2,(H,24,25). The molecule has 5 heteroatoms. The fourth-order valence-corrected chi connectivity index (χ4v) is 4.02. The van der Waals surface area contributed by atoms with E-state index in [1.54, 1.807) is 0 Å². The Balaban J connectivity index is 1.39. The summed E-state index contributed by atoms with van der Waals surface area (Å²) in [5.41, 5.74) is 7.08. The number of nitrogens with zero attached hydrogens (tertiary/aromatic N) is 4. The van der Waals surface area contributed by atoms with Crippen molar-refractivity contribution in [2.24, 2.45) is 0 Å². The van der Waals surface area contributed by atoms with Crippen LogP contribution in [-0.4, -0.2) is 20.0 Å². The molecule has 4 aromatic rings. The van der Waals surface area contributed by atoms with Crippen molar-refractivity contribution in [3.63, 3.8) is 0 Å². The summed E-state index contributed by atoms with van der Waals surface area (Å²) in [5.74, 6) is 0. The third-order valence-corrected chi connectivity index (χ3v) is 5.39. The van der Waals surface area contributed by atoms with E-state index in [-0.39, 0.29) is 0 Å². The van der Waals surface area contributed by atoms with Gasteiger partial charge in [-0.25, -0.2) is 4.68 Å². The van der Waals surface area contributed by atoms with Crippen molar-refractivity contribution in [2.75, 3.05) is 5.32 Å². The zero-order valence-electron chi connectivity index (χ0n) is 15.8. The van der Waals surface area contributed by atoms with E-state index in [0.29, 0.717) is 6.54 Å². The van der Waals surface area contributed by atoms with E-state index in [1.807, 2.05) is 29.1 Å². The average molecular weight is 369 g/mol. The Kier molecular flexibility index (Phi) is 4.49. The summed E-state index contributed by atoms with van der Waals surface area (Å²) in [4.78, 5) is 4.91. The number of benzene rings is 2. The first-order chi connectivity index (χ1) is 13.9. The number of nitrogens with one attached hydrogen (secondary N) is 1. The van der Waals surface area contributed by atoms with E-state index in [4.69, 9.17) is 4.98 Å². The molecule has 140 valence electrons. The molecule has 0 saturated carbocycles. The van der Waals surface area contributed by atoms with Crippen LogP contribution >= 0.6 is 0 Å².